The molecule has 0 aromatic carbocycles. The topological polar surface area (TPSA) is 30.3 Å². The third-order valence-electron chi connectivity index (χ3n) is 5.59. The Kier molecular flexibility index (Phi) is 4.53. The molecule has 3 unspecified atom stereocenters. The minimum absolute atomic E-state index is 0.237. The van der Waals surface area contributed by atoms with Crippen molar-refractivity contribution in [2.45, 2.75) is 57.0 Å². The van der Waals surface area contributed by atoms with E-state index in [2.05, 4.69) is 43.9 Å². The maximum absolute atomic E-state index is 9.39. The van der Waals surface area contributed by atoms with Gasteiger partial charge in [0.1, 0.15) is 0 Å². The predicted octanol–water partition coefficient (Wildman–Crippen LogP) is 2.73. The van der Waals surface area contributed by atoms with E-state index in [0.29, 0.717) is 11.6 Å². The van der Waals surface area contributed by atoms with Crippen LogP contribution in [0.2, 0.25) is 0 Å². The summed E-state index contributed by atoms with van der Waals surface area (Å²) < 4.78 is 0. The van der Waals surface area contributed by atoms with Gasteiger partial charge in [0.25, 0.3) is 0 Å². The molecule has 2 rings (SSSR count). The van der Waals surface area contributed by atoms with Gasteiger partial charge < -0.3 is 9.80 Å². The lowest BCUT2D eigenvalue weighted by Crippen LogP contribution is -2.59. The fraction of sp³-hybridized carbons (Fsp3) is 0.938. The summed E-state index contributed by atoms with van der Waals surface area (Å²) in [6, 6.07) is 3.02. The summed E-state index contributed by atoms with van der Waals surface area (Å²) in [5, 5.41) is 9.39. The van der Waals surface area contributed by atoms with Gasteiger partial charge in [0.15, 0.2) is 0 Å². The van der Waals surface area contributed by atoms with Crippen LogP contribution >= 0.6 is 0 Å². The van der Waals surface area contributed by atoms with Crippen LogP contribution in [0.3, 0.4) is 0 Å². The van der Waals surface area contributed by atoms with Crippen molar-refractivity contribution in [1.82, 2.24) is 9.80 Å². The van der Waals surface area contributed by atoms with Crippen LogP contribution in [-0.2, 0) is 0 Å². The Labute approximate surface area is 118 Å². The Hall–Kier alpha value is -0.590. The lowest BCUT2D eigenvalue weighted by molar-refractivity contribution is 0.00174. The third kappa shape index (κ3) is 2.95. The molecule has 3 heteroatoms. The van der Waals surface area contributed by atoms with Gasteiger partial charge in [-0.25, -0.2) is 0 Å². The highest BCUT2D eigenvalue weighted by Crippen LogP contribution is 2.39. The van der Waals surface area contributed by atoms with Crippen molar-refractivity contribution in [3.8, 4) is 6.07 Å². The summed E-state index contributed by atoms with van der Waals surface area (Å²) >= 11 is 0. The second kappa shape index (κ2) is 5.81. The van der Waals surface area contributed by atoms with Crippen LogP contribution in [0.1, 0.15) is 45.4 Å². The van der Waals surface area contributed by atoms with E-state index in [1.54, 1.807) is 0 Å². The summed E-state index contributed by atoms with van der Waals surface area (Å²) in [7, 11) is 6.65. The van der Waals surface area contributed by atoms with Gasteiger partial charge in [0.05, 0.1) is 12.0 Å². The van der Waals surface area contributed by atoms with Crippen LogP contribution in [-0.4, -0.2) is 49.1 Å². The van der Waals surface area contributed by atoms with E-state index in [0.717, 1.165) is 18.9 Å². The molecule has 2 aliphatic carbocycles. The average molecular weight is 263 g/mol. The molecule has 0 spiro atoms. The zero-order chi connectivity index (χ0) is 14.0. The summed E-state index contributed by atoms with van der Waals surface area (Å²) in [6.07, 6.45) is 7.48. The molecule has 3 nitrogen and oxygen atoms in total. The molecule has 2 saturated carbocycles. The average Bonchev–Trinajstić information content (AvgIpc) is 2.33. The molecule has 0 saturated heterocycles. The van der Waals surface area contributed by atoms with E-state index < -0.39 is 0 Å². The van der Waals surface area contributed by atoms with Gasteiger partial charge in [-0.3, -0.25) is 0 Å². The number of hydrogen-bond donors (Lipinski definition) is 0. The van der Waals surface area contributed by atoms with Crippen molar-refractivity contribution >= 4 is 0 Å². The van der Waals surface area contributed by atoms with Crippen LogP contribution in [0.15, 0.2) is 0 Å². The molecule has 0 aromatic heterocycles. The Morgan fingerprint density at radius 2 is 1.89 bits per heavy atom. The molecule has 0 aromatic rings. The van der Waals surface area contributed by atoms with Gasteiger partial charge in [0.2, 0.25) is 0 Å². The van der Waals surface area contributed by atoms with E-state index in [4.69, 9.17) is 0 Å². The van der Waals surface area contributed by atoms with E-state index in [9.17, 15) is 5.26 Å². The highest BCUT2D eigenvalue weighted by atomic mass is 15.2. The second-order valence-electron chi connectivity index (χ2n) is 7.11. The molecule has 0 aliphatic heterocycles. The van der Waals surface area contributed by atoms with Crippen molar-refractivity contribution in [2.75, 3.05) is 27.7 Å². The highest BCUT2D eigenvalue weighted by Gasteiger charge is 2.42. The minimum Gasteiger partial charge on any atom is -0.302 e. The lowest BCUT2D eigenvalue weighted by Gasteiger charge is -2.51. The van der Waals surface area contributed by atoms with E-state index >= 15 is 0 Å². The van der Waals surface area contributed by atoms with Gasteiger partial charge in [-0.15, -0.1) is 0 Å². The molecule has 0 amide bonds. The van der Waals surface area contributed by atoms with E-state index in [1.165, 1.54) is 32.1 Å². The number of nitrogens with zero attached hydrogens (tertiary/aromatic N) is 3. The van der Waals surface area contributed by atoms with Crippen LogP contribution in [0.25, 0.3) is 0 Å². The summed E-state index contributed by atoms with van der Waals surface area (Å²) in [6.45, 7) is 3.45. The smallest absolute Gasteiger partial charge is 0.0672 e. The van der Waals surface area contributed by atoms with Gasteiger partial charge in [0, 0.05) is 18.1 Å². The minimum atomic E-state index is 0.237. The van der Waals surface area contributed by atoms with Crippen molar-refractivity contribution in [3.63, 3.8) is 0 Å². The fourth-order valence-electron chi connectivity index (χ4n) is 3.90. The molecule has 19 heavy (non-hydrogen) atoms. The van der Waals surface area contributed by atoms with Crippen molar-refractivity contribution < 1.29 is 0 Å². The van der Waals surface area contributed by atoms with Gasteiger partial charge in [-0.1, -0.05) is 6.92 Å². The largest absolute Gasteiger partial charge is 0.302 e. The summed E-state index contributed by atoms with van der Waals surface area (Å²) in [4.78, 5) is 4.89. The quantitative estimate of drug-likeness (QED) is 0.781. The molecular formula is C16H29N3. The number of likely N-dealkylation sites (N-methyl/N-ethyl adjacent to an activating group) is 2. The fourth-order valence-corrected chi connectivity index (χ4v) is 3.90. The molecule has 3 atom stereocenters. The zero-order valence-electron chi connectivity index (χ0n) is 13.0. The molecule has 2 fully saturated rings. The molecule has 0 N–H and O–H groups in total. The van der Waals surface area contributed by atoms with Crippen LogP contribution in [0, 0.1) is 23.2 Å². The van der Waals surface area contributed by atoms with Crippen LogP contribution < -0.4 is 0 Å². The van der Waals surface area contributed by atoms with Crippen LogP contribution in [0.4, 0.5) is 0 Å². The van der Waals surface area contributed by atoms with Crippen molar-refractivity contribution in [3.05, 3.63) is 0 Å². The Balaban J connectivity index is 2.01. The second-order valence-corrected chi connectivity index (χ2v) is 7.11. The van der Waals surface area contributed by atoms with Crippen molar-refractivity contribution in [2.24, 2.45) is 11.8 Å². The highest BCUT2D eigenvalue weighted by molar-refractivity contribution is 5.02. The summed E-state index contributed by atoms with van der Waals surface area (Å²) in [5.74, 6) is 1.01. The lowest BCUT2D eigenvalue weighted by atomic mass is 9.73. The van der Waals surface area contributed by atoms with Crippen LogP contribution in [0.5, 0.6) is 0 Å². The molecule has 2 aliphatic rings. The number of rotatable bonds is 4. The van der Waals surface area contributed by atoms with E-state index in [-0.39, 0.29) is 5.92 Å². The zero-order valence-corrected chi connectivity index (χ0v) is 13.0. The van der Waals surface area contributed by atoms with E-state index in [1.807, 2.05) is 0 Å². The number of hydrogen-bond acceptors (Lipinski definition) is 3. The Morgan fingerprint density at radius 3 is 2.37 bits per heavy atom. The standard InChI is InChI=1S/C16H29N3/c1-13-6-7-14(11-17)15(10-13)19(4)12-16(18(2)3)8-5-9-16/h13-15H,5-10,12H2,1-4H3. The van der Waals surface area contributed by atoms with Crippen molar-refractivity contribution in [1.29, 1.82) is 5.26 Å². The number of nitriles is 1. The maximum atomic E-state index is 9.39. The monoisotopic (exact) mass is 263 g/mol. The molecule has 0 bridgehead atoms. The molecule has 108 valence electrons. The predicted molar refractivity (Wildman–Crippen MR) is 78.8 cm³/mol. The van der Waals surface area contributed by atoms with Gasteiger partial charge in [-0.05, 0) is 65.6 Å². The molecular weight excluding hydrogens is 234 g/mol. The Bertz CT molecular complexity index is 340. The first-order chi connectivity index (χ1) is 8.98. The molecule has 0 heterocycles. The SMILES string of the molecule is CC1CCC(C#N)C(N(C)CC2(N(C)C)CCC2)C1. The normalized spacial score (nSPS) is 34.1. The first kappa shape index (κ1) is 14.8. The Morgan fingerprint density at radius 1 is 1.21 bits per heavy atom. The summed E-state index contributed by atoms with van der Waals surface area (Å²) in [5.41, 5.74) is 0.370. The first-order valence-electron chi connectivity index (χ1n) is 7.76. The molecule has 0 radical (unpaired) electrons. The maximum Gasteiger partial charge on any atom is 0.0672 e. The third-order valence-corrected chi connectivity index (χ3v) is 5.59. The van der Waals surface area contributed by atoms with Gasteiger partial charge >= 0.3 is 0 Å². The first-order valence-corrected chi connectivity index (χ1v) is 7.76. The van der Waals surface area contributed by atoms with Gasteiger partial charge in [-0.2, -0.15) is 5.26 Å².